The lowest BCUT2D eigenvalue weighted by Gasteiger charge is -1.94. The lowest BCUT2D eigenvalue weighted by atomic mass is 10.1. The van der Waals surface area contributed by atoms with Crippen LogP contribution < -0.4 is 0 Å². The molecule has 0 saturated carbocycles. The average Bonchev–Trinajstić information content (AvgIpc) is 2.70. The Labute approximate surface area is 104 Å². The van der Waals surface area contributed by atoms with E-state index in [4.69, 9.17) is 16.7 Å². The number of alkyl halides is 1. The van der Waals surface area contributed by atoms with Gasteiger partial charge in [-0.3, -0.25) is 0 Å². The molecule has 0 saturated heterocycles. The molecule has 0 aliphatic carbocycles. The fourth-order valence-corrected chi connectivity index (χ4v) is 2.06. The lowest BCUT2D eigenvalue weighted by Crippen LogP contribution is -1.94. The van der Waals surface area contributed by atoms with Gasteiger partial charge in [-0.2, -0.15) is 0 Å². The number of carboxylic acid groups (broad SMARTS) is 1. The van der Waals surface area contributed by atoms with E-state index in [-0.39, 0.29) is 0 Å². The molecule has 17 heavy (non-hydrogen) atoms. The van der Waals surface area contributed by atoms with Gasteiger partial charge in [0.2, 0.25) is 0 Å². The van der Waals surface area contributed by atoms with Crippen molar-refractivity contribution in [1.29, 1.82) is 0 Å². The van der Waals surface area contributed by atoms with E-state index in [9.17, 15) is 4.79 Å². The highest BCUT2D eigenvalue weighted by Gasteiger charge is 2.06. The summed E-state index contributed by atoms with van der Waals surface area (Å²) >= 11 is 5.63. The van der Waals surface area contributed by atoms with Gasteiger partial charge in [0.1, 0.15) is 0 Å². The standard InChI is InChI=1S/C13H14ClNO2/c14-6-2-1-3-11-8-10-7-9(13(16)17)4-5-12(10)15-11/h4-5,7-8,15H,1-3,6H2,(H,16,17). The molecule has 2 N–H and O–H groups in total. The Balaban J connectivity index is 2.21. The SMILES string of the molecule is O=C(O)c1ccc2[nH]c(CCCCCl)cc2c1. The fourth-order valence-electron chi connectivity index (χ4n) is 1.87. The van der Waals surface area contributed by atoms with Crippen LogP contribution in [0.2, 0.25) is 0 Å². The number of aromatic amines is 1. The second kappa shape index (κ2) is 5.23. The van der Waals surface area contributed by atoms with Crippen molar-refractivity contribution in [2.45, 2.75) is 19.3 Å². The largest absolute Gasteiger partial charge is 0.478 e. The lowest BCUT2D eigenvalue weighted by molar-refractivity contribution is 0.0697. The van der Waals surface area contributed by atoms with Crippen molar-refractivity contribution < 1.29 is 9.90 Å². The van der Waals surface area contributed by atoms with E-state index in [2.05, 4.69) is 4.98 Å². The van der Waals surface area contributed by atoms with E-state index >= 15 is 0 Å². The van der Waals surface area contributed by atoms with Crippen molar-refractivity contribution in [3.8, 4) is 0 Å². The Bertz CT molecular complexity index is 533. The van der Waals surface area contributed by atoms with Gasteiger partial charge in [-0.25, -0.2) is 4.79 Å². The number of nitrogens with one attached hydrogen (secondary N) is 1. The van der Waals surface area contributed by atoms with Gasteiger partial charge >= 0.3 is 5.97 Å². The third-order valence-corrected chi connectivity index (χ3v) is 3.02. The first kappa shape index (κ1) is 12.0. The van der Waals surface area contributed by atoms with Crippen LogP contribution in [-0.4, -0.2) is 21.9 Å². The molecule has 0 aliphatic rings. The van der Waals surface area contributed by atoms with Crippen molar-refractivity contribution >= 4 is 28.5 Å². The number of unbranched alkanes of at least 4 members (excludes halogenated alkanes) is 1. The molecule has 0 spiro atoms. The predicted molar refractivity (Wildman–Crippen MR) is 68.9 cm³/mol. The number of carbonyl (C=O) groups is 1. The molecular formula is C13H14ClNO2. The number of rotatable bonds is 5. The number of carboxylic acids is 1. The molecule has 0 atom stereocenters. The minimum absolute atomic E-state index is 0.323. The van der Waals surface area contributed by atoms with Crippen LogP contribution in [0.1, 0.15) is 28.9 Å². The number of aromatic nitrogens is 1. The van der Waals surface area contributed by atoms with E-state index in [0.717, 1.165) is 35.9 Å². The molecule has 3 nitrogen and oxygen atoms in total. The van der Waals surface area contributed by atoms with Gasteiger partial charge in [0, 0.05) is 22.5 Å². The third-order valence-electron chi connectivity index (χ3n) is 2.75. The van der Waals surface area contributed by atoms with E-state index in [1.807, 2.05) is 12.1 Å². The van der Waals surface area contributed by atoms with E-state index in [0.29, 0.717) is 11.4 Å². The first-order chi connectivity index (χ1) is 8.20. The maximum absolute atomic E-state index is 10.8. The molecule has 2 rings (SSSR count). The number of aromatic carboxylic acids is 1. The highest BCUT2D eigenvalue weighted by molar-refractivity contribution is 6.17. The van der Waals surface area contributed by atoms with Crippen LogP contribution in [0.5, 0.6) is 0 Å². The molecule has 1 aromatic carbocycles. The van der Waals surface area contributed by atoms with Gasteiger partial charge in [0.15, 0.2) is 0 Å². The van der Waals surface area contributed by atoms with Crippen LogP contribution in [0.25, 0.3) is 10.9 Å². The molecule has 0 aliphatic heterocycles. The first-order valence-electron chi connectivity index (χ1n) is 5.61. The van der Waals surface area contributed by atoms with E-state index < -0.39 is 5.97 Å². The molecule has 90 valence electrons. The van der Waals surface area contributed by atoms with Crippen LogP contribution in [-0.2, 0) is 6.42 Å². The number of fused-ring (bicyclic) bond motifs is 1. The summed E-state index contributed by atoms with van der Waals surface area (Å²) in [6.07, 6.45) is 2.99. The molecule has 4 heteroatoms. The zero-order chi connectivity index (χ0) is 12.3. The normalized spacial score (nSPS) is 10.9. The summed E-state index contributed by atoms with van der Waals surface area (Å²) in [5.41, 5.74) is 2.44. The fraction of sp³-hybridized carbons (Fsp3) is 0.308. The summed E-state index contributed by atoms with van der Waals surface area (Å²) in [6.45, 7) is 0. The molecule has 1 heterocycles. The van der Waals surface area contributed by atoms with Gasteiger partial charge in [-0.05, 0) is 43.5 Å². The zero-order valence-electron chi connectivity index (χ0n) is 9.37. The Morgan fingerprint density at radius 1 is 1.29 bits per heavy atom. The van der Waals surface area contributed by atoms with Crippen LogP contribution in [0.4, 0.5) is 0 Å². The Morgan fingerprint density at radius 3 is 2.82 bits per heavy atom. The van der Waals surface area contributed by atoms with Crippen LogP contribution in [0.3, 0.4) is 0 Å². The van der Waals surface area contributed by atoms with E-state index in [1.54, 1.807) is 12.1 Å². The van der Waals surface area contributed by atoms with Crippen molar-refractivity contribution in [3.05, 3.63) is 35.5 Å². The number of hydrogen-bond donors (Lipinski definition) is 2. The quantitative estimate of drug-likeness (QED) is 0.632. The topological polar surface area (TPSA) is 53.1 Å². The minimum atomic E-state index is -0.892. The predicted octanol–water partition coefficient (Wildman–Crippen LogP) is 3.43. The third kappa shape index (κ3) is 2.80. The van der Waals surface area contributed by atoms with Crippen LogP contribution in [0.15, 0.2) is 24.3 Å². The maximum Gasteiger partial charge on any atom is 0.335 e. The van der Waals surface area contributed by atoms with Gasteiger partial charge in [-0.1, -0.05) is 0 Å². The summed E-state index contributed by atoms with van der Waals surface area (Å²) in [4.78, 5) is 14.1. The van der Waals surface area contributed by atoms with Crippen LogP contribution in [0, 0.1) is 0 Å². The maximum atomic E-state index is 10.8. The number of H-pyrrole nitrogens is 1. The van der Waals surface area contributed by atoms with Gasteiger partial charge in [0.05, 0.1) is 5.56 Å². The molecule has 2 aromatic rings. The first-order valence-corrected chi connectivity index (χ1v) is 6.15. The highest BCUT2D eigenvalue weighted by Crippen LogP contribution is 2.18. The summed E-state index contributed by atoms with van der Waals surface area (Å²) in [5, 5.41) is 9.85. The molecule has 0 amide bonds. The van der Waals surface area contributed by atoms with Crippen molar-refractivity contribution in [1.82, 2.24) is 4.98 Å². The van der Waals surface area contributed by atoms with Crippen molar-refractivity contribution in [2.24, 2.45) is 0 Å². The minimum Gasteiger partial charge on any atom is -0.478 e. The number of hydrogen-bond acceptors (Lipinski definition) is 1. The van der Waals surface area contributed by atoms with Gasteiger partial charge in [0.25, 0.3) is 0 Å². The summed E-state index contributed by atoms with van der Waals surface area (Å²) < 4.78 is 0. The molecule has 0 radical (unpaired) electrons. The molecule has 0 unspecified atom stereocenters. The van der Waals surface area contributed by atoms with Crippen LogP contribution >= 0.6 is 11.6 Å². The van der Waals surface area contributed by atoms with E-state index in [1.165, 1.54) is 0 Å². The smallest absolute Gasteiger partial charge is 0.335 e. The van der Waals surface area contributed by atoms with Crippen molar-refractivity contribution in [3.63, 3.8) is 0 Å². The summed E-state index contributed by atoms with van der Waals surface area (Å²) in [6, 6.07) is 7.13. The summed E-state index contributed by atoms with van der Waals surface area (Å²) in [5.74, 6) is -0.208. The Morgan fingerprint density at radius 2 is 2.12 bits per heavy atom. The second-order valence-electron chi connectivity index (χ2n) is 4.05. The highest BCUT2D eigenvalue weighted by atomic mass is 35.5. The monoisotopic (exact) mass is 251 g/mol. The Kier molecular flexibility index (Phi) is 3.69. The average molecular weight is 252 g/mol. The number of halogens is 1. The number of aryl methyl sites for hydroxylation is 1. The Hall–Kier alpha value is -1.48. The zero-order valence-corrected chi connectivity index (χ0v) is 10.1. The van der Waals surface area contributed by atoms with Gasteiger partial charge in [-0.15, -0.1) is 11.6 Å². The number of benzene rings is 1. The molecule has 0 fully saturated rings. The molecule has 0 bridgehead atoms. The second-order valence-corrected chi connectivity index (χ2v) is 4.43. The van der Waals surface area contributed by atoms with Crippen molar-refractivity contribution in [2.75, 3.05) is 5.88 Å². The molecule has 1 aromatic heterocycles. The summed E-state index contributed by atoms with van der Waals surface area (Å²) in [7, 11) is 0. The van der Waals surface area contributed by atoms with Gasteiger partial charge < -0.3 is 10.1 Å². The molecular weight excluding hydrogens is 238 g/mol.